The molecule has 11 heteroatoms. The second-order valence-corrected chi connectivity index (χ2v) is 14.7. The Hall–Kier alpha value is -3.99. The number of hydrogen-bond acceptors (Lipinski definition) is 9. The van der Waals surface area contributed by atoms with E-state index in [1.165, 1.54) is 0 Å². The molecule has 1 fully saturated rings. The van der Waals surface area contributed by atoms with Crippen LogP contribution in [0, 0.1) is 20.8 Å². The first-order chi connectivity index (χ1) is 23.7. The van der Waals surface area contributed by atoms with Crippen molar-refractivity contribution in [3.8, 4) is 11.5 Å². The lowest BCUT2D eigenvalue weighted by molar-refractivity contribution is -0.115. The number of alkyl carbamates (subject to hydrolysis) is 1. The Labute approximate surface area is 301 Å². The molecule has 1 unspecified atom stereocenters. The highest BCUT2D eigenvalue weighted by Gasteiger charge is 2.36. The first-order valence-corrected chi connectivity index (χ1v) is 18.4. The van der Waals surface area contributed by atoms with Crippen molar-refractivity contribution in [2.45, 2.75) is 118 Å². The second-order valence-electron chi connectivity index (χ2n) is 13.7. The number of esters is 1. The van der Waals surface area contributed by atoms with E-state index in [0.717, 1.165) is 90.3 Å². The Morgan fingerprint density at radius 1 is 0.980 bits per heavy atom. The topological polar surface area (TPSA) is 129 Å². The molecular weight excluding hydrogens is 657 g/mol. The maximum Gasteiger partial charge on any atom is 0.407 e. The number of amides is 3. The fourth-order valence-electron chi connectivity index (χ4n) is 5.69. The van der Waals surface area contributed by atoms with E-state index in [-0.39, 0.29) is 17.1 Å². The predicted octanol–water partition coefficient (Wildman–Crippen LogP) is 8.76. The first-order valence-electron chi connectivity index (χ1n) is 17.6. The molecule has 0 radical (unpaired) electrons. The highest BCUT2D eigenvalue weighted by atomic mass is 32.2. The number of imide groups is 1. The average Bonchev–Trinajstić information content (AvgIpc) is 3.38. The molecule has 2 aliphatic heterocycles. The van der Waals surface area contributed by atoms with Gasteiger partial charge in [-0.25, -0.2) is 9.59 Å². The molecular formula is C39H54N2O8S. The van der Waals surface area contributed by atoms with Gasteiger partial charge in [-0.1, -0.05) is 45.2 Å². The summed E-state index contributed by atoms with van der Waals surface area (Å²) in [6, 6.07) is 7.33. The van der Waals surface area contributed by atoms with Crippen molar-refractivity contribution in [2.24, 2.45) is 0 Å². The molecule has 10 nitrogen and oxygen atoms in total. The zero-order valence-electron chi connectivity index (χ0n) is 31.1. The smallest absolute Gasteiger partial charge is 0.407 e. The normalized spacial score (nSPS) is 17.6. The lowest BCUT2D eigenvalue weighted by Crippen LogP contribution is -2.42. The van der Waals surface area contributed by atoms with Crippen molar-refractivity contribution in [1.82, 2.24) is 10.6 Å². The van der Waals surface area contributed by atoms with E-state index in [9.17, 15) is 19.2 Å². The number of unbranched alkanes of at least 4 members (excludes halogenated alkanes) is 4. The summed E-state index contributed by atoms with van der Waals surface area (Å²) in [5.74, 6) is 0.796. The van der Waals surface area contributed by atoms with Gasteiger partial charge in [-0.3, -0.25) is 14.9 Å². The van der Waals surface area contributed by atoms with Crippen LogP contribution in [0.5, 0.6) is 11.5 Å². The number of ether oxygens (including phenoxy) is 4. The van der Waals surface area contributed by atoms with Crippen LogP contribution in [0.1, 0.15) is 118 Å². The number of rotatable bonds is 13. The minimum Gasteiger partial charge on any atom is -0.489 e. The summed E-state index contributed by atoms with van der Waals surface area (Å²) in [7, 11) is 0. The van der Waals surface area contributed by atoms with Crippen LogP contribution in [0.25, 0.3) is 6.08 Å². The fraction of sp³-hybridized carbons (Fsp3) is 0.538. The number of thioether (sulfide) groups is 1. The molecule has 50 heavy (non-hydrogen) atoms. The third-order valence-corrected chi connectivity index (χ3v) is 9.23. The van der Waals surface area contributed by atoms with Gasteiger partial charge < -0.3 is 24.3 Å². The quantitative estimate of drug-likeness (QED) is 0.119. The molecule has 4 rings (SSSR count). The molecule has 2 N–H and O–H groups in total. The molecule has 0 spiro atoms. The zero-order valence-corrected chi connectivity index (χ0v) is 31.9. The third kappa shape index (κ3) is 11.5. The summed E-state index contributed by atoms with van der Waals surface area (Å²) < 4.78 is 23.7. The molecule has 3 amide bonds. The van der Waals surface area contributed by atoms with Crippen LogP contribution in [0.3, 0.4) is 0 Å². The van der Waals surface area contributed by atoms with Crippen molar-refractivity contribution >= 4 is 41.0 Å². The standard InChI is InChI=1S/C37H48N2O8S.C2H6/c1-23-24(2)31-28(25(3)30(23)33(41)44-20-12-10-8-9-11-19-38-34(42)47-36(4,5)6)17-18-37(7,46-31)22-45-27-15-13-26(14-16-27)21-29-32(40)39-35(43)48-29;1-2/h13-16,21H,8-12,17-20,22H2,1-7H3,(H,38,42)(H,39,40,43);1-2H3/b29-21-;. The number of hydrogen-bond donors (Lipinski definition) is 2. The number of fused-ring (bicyclic) bond motifs is 1. The fourth-order valence-corrected chi connectivity index (χ4v) is 6.37. The summed E-state index contributed by atoms with van der Waals surface area (Å²) in [6.07, 6.45) is 7.32. The minimum absolute atomic E-state index is 0.299. The Morgan fingerprint density at radius 3 is 2.28 bits per heavy atom. The molecule has 2 aromatic rings. The molecule has 0 bridgehead atoms. The molecule has 0 aromatic heterocycles. The van der Waals surface area contributed by atoms with E-state index in [4.69, 9.17) is 18.9 Å². The average molecular weight is 711 g/mol. The predicted molar refractivity (Wildman–Crippen MR) is 198 cm³/mol. The van der Waals surface area contributed by atoms with Crippen LogP contribution in [-0.2, 0) is 20.7 Å². The van der Waals surface area contributed by atoms with Gasteiger partial charge in [0.25, 0.3) is 11.1 Å². The largest absolute Gasteiger partial charge is 0.489 e. The zero-order chi connectivity index (χ0) is 37.1. The highest BCUT2D eigenvalue weighted by Crippen LogP contribution is 2.41. The van der Waals surface area contributed by atoms with Crippen LogP contribution in [-0.4, -0.2) is 54.2 Å². The molecule has 0 saturated carbocycles. The van der Waals surface area contributed by atoms with Crippen LogP contribution in [0.2, 0.25) is 0 Å². The van der Waals surface area contributed by atoms with Gasteiger partial charge in [0.15, 0.2) is 0 Å². The summed E-state index contributed by atoms with van der Waals surface area (Å²) in [5.41, 5.74) is 4.07. The highest BCUT2D eigenvalue weighted by molar-refractivity contribution is 8.18. The Kier molecular flexibility index (Phi) is 14.8. The van der Waals surface area contributed by atoms with E-state index in [2.05, 4.69) is 10.6 Å². The lowest BCUT2D eigenvalue weighted by Gasteiger charge is -2.38. The summed E-state index contributed by atoms with van der Waals surface area (Å²) in [5, 5.41) is 4.66. The molecule has 1 saturated heterocycles. The van der Waals surface area contributed by atoms with E-state index in [1.807, 2.05) is 86.6 Å². The van der Waals surface area contributed by atoms with Gasteiger partial charge in [-0.05, 0) is 132 Å². The minimum atomic E-state index is -0.565. The first kappa shape index (κ1) is 40.4. The summed E-state index contributed by atoms with van der Waals surface area (Å²) >= 11 is 0.886. The van der Waals surface area contributed by atoms with Crippen LogP contribution in [0.4, 0.5) is 9.59 Å². The van der Waals surface area contributed by atoms with Gasteiger partial charge in [0.05, 0.1) is 17.1 Å². The Balaban J connectivity index is 0.00000332. The van der Waals surface area contributed by atoms with Crippen molar-refractivity contribution in [2.75, 3.05) is 19.8 Å². The van der Waals surface area contributed by atoms with Crippen molar-refractivity contribution in [3.05, 3.63) is 62.6 Å². The molecule has 2 aliphatic rings. The second kappa shape index (κ2) is 18.3. The number of carbonyl (C=O) groups excluding carboxylic acids is 4. The van der Waals surface area contributed by atoms with Crippen molar-refractivity contribution in [3.63, 3.8) is 0 Å². The van der Waals surface area contributed by atoms with E-state index >= 15 is 0 Å². The molecule has 0 aliphatic carbocycles. The maximum atomic E-state index is 13.2. The third-order valence-electron chi connectivity index (χ3n) is 8.42. The molecule has 2 aromatic carbocycles. The van der Waals surface area contributed by atoms with E-state index < -0.39 is 17.3 Å². The van der Waals surface area contributed by atoms with Crippen LogP contribution >= 0.6 is 11.8 Å². The molecule has 2 heterocycles. The Bertz CT molecular complexity index is 1560. The van der Waals surface area contributed by atoms with Gasteiger partial charge in [-0.2, -0.15) is 0 Å². The van der Waals surface area contributed by atoms with Crippen molar-refractivity contribution in [1.29, 1.82) is 0 Å². The van der Waals surface area contributed by atoms with Gasteiger partial charge in [-0.15, -0.1) is 0 Å². The van der Waals surface area contributed by atoms with Gasteiger partial charge in [0.2, 0.25) is 0 Å². The van der Waals surface area contributed by atoms with Crippen LogP contribution < -0.4 is 20.1 Å². The van der Waals surface area contributed by atoms with Gasteiger partial charge in [0.1, 0.15) is 29.3 Å². The van der Waals surface area contributed by atoms with Gasteiger partial charge in [0, 0.05) is 6.54 Å². The molecule has 274 valence electrons. The van der Waals surface area contributed by atoms with E-state index in [1.54, 1.807) is 6.08 Å². The summed E-state index contributed by atoms with van der Waals surface area (Å²) in [4.78, 5) is 48.5. The maximum absolute atomic E-state index is 13.2. The molecule has 1 atom stereocenters. The van der Waals surface area contributed by atoms with Crippen LogP contribution in [0.15, 0.2) is 29.2 Å². The Morgan fingerprint density at radius 2 is 1.64 bits per heavy atom. The monoisotopic (exact) mass is 710 g/mol. The lowest BCUT2D eigenvalue weighted by atomic mass is 9.85. The van der Waals surface area contributed by atoms with E-state index in [0.29, 0.717) is 36.0 Å². The van der Waals surface area contributed by atoms with Crippen molar-refractivity contribution < 1.29 is 38.1 Å². The number of benzene rings is 2. The summed E-state index contributed by atoms with van der Waals surface area (Å²) in [6.45, 7) is 18.7. The van der Waals surface area contributed by atoms with Gasteiger partial charge >= 0.3 is 12.1 Å². The number of nitrogens with one attached hydrogen (secondary N) is 2. The number of carbonyl (C=O) groups is 4. The SMILES string of the molecule is CC.Cc1c(C)c(C(=O)OCCCCCCCNC(=O)OC(C)(C)C)c(C)c2c1OC(C)(COc1ccc(/C=C3\SC(=O)NC3=O)cc1)CC2.